The zero-order chi connectivity index (χ0) is 17.2. The van der Waals surface area contributed by atoms with E-state index in [1.165, 1.54) is 17.7 Å². The lowest BCUT2D eigenvalue weighted by Crippen LogP contribution is -2.05. The second-order valence-electron chi connectivity index (χ2n) is 5.73. The van der Waals surface area contributed by atoms with Gasteiger partial charge in [0, 0.05) is 18.0 Å². The molecule has 0 unspecified atom stereocenters. The zero-order valence-electron chi connectivity index (χ0n) is 13.5. The first-order valence-electron chi connectivity index (χ1n) is 7.81. The molecule has 0 atom stereocenters. The Bertz CT molecular complexity index is 1030. The van der Waals surface area contributed by atoms with Crippen LogP contribution in [0.2, 0.25) is 0 Å². The van der Waals surface area contributed by atoms with Crippen molar-refractivity contribution in [3.8, 4) is 11.3 Å². The molecule has 0 saturated carbocycles. The largest absolute Gasteiger partial charge is 0.347 e. The van der Waals surface area contributed by atoms with E-state index in [-0.39, 0.29) is 5.82 Å². The first-order valence-corrected chi connectivity index (χ1v) is 7.81. The van der Waals surface area contributed by atoms with Crippen molar-refractivity contribution in [2.75, 3.05) is 5.32 Å². The third-order valence-electron chi connectivity index (χ3n) is 3.78. The van der Waals surface area contributed by atoms with Crippen molar-refractivity contribution >= 4 is 11.6 Å². The molecule has 0 spiro atoms. The molecule has 0 radical (unpaired) electrons. The molecule has 0 aliphatic carbocycles. The van der Waals surface area contributed by atoms with Crippen LogP contribution in [-0.4, -0.2) is 24.6 Å². The number of fused-ring (bicyclic) bond motifs is 1. The number of nitrogens with zero attached hydrogens (tertiary/aromatic N) is 5. The molecule has 4 rings (SSSR count). The SMILES string of the molecule is Cc1ccc2nc(CNc3nncc(-c4ccc(F)cc4)n3)cn2c1. The summed E-state index contributed by atoms with van der Waals surface area (Å²) in [5.41, 5.74) is 4.34. The number of nitrogens with one attached hydrogen (secondary N) is 1. The van der Waals surface area contributed by atoms with E-state index in [4.69, 9.17) is 0 Å². The van der Waals surface area contributed by atoms with Crippen molar-refractivity contribution in [2.24, 2.45) is 0 Å². The fourth-order valence-electron chi connectivity index (χ4n) is 2.55. The monoisotopic (exact) mass is 334 g/mol. The molecule has 0 bridgehead atoms. The number of imidazole rings is 1. The summed E-state index contributed by atoms with van der Waals surface area (Å²) in [7, 11) is 0. The number of aryl methyl sites for hydroxylation is 1. The highest BCUT2D eigenvalue weighted by atomic mass is 19.1. The Kier molecular flexibility index (Phi) is 3.81. The smallest absolute Gasteiger partial charge is 0.243 e. The highest BCUT2D eigenvalue weighted by Crippen LogP contribution is 2.17. The summed E-state index contributed by atoms with van der Waals surface area (Å²) < 4.78 is 15.0. The third-order valence-corrected chi connectivity index (χ3v) is 3.78. The number of aromatic nitrogens is 5. The molecule has 124 valence electrons. The minimum Gasteiger partial charge on any atom is -0.347 e. The summed E-state index contributed by atoms with van der Waals surface area (Å²) in [6.07, 6.45) is 5.54. The average molecular weight is 334 g/mol. The van der Waals surface area contributed by atoms with Crippen LogP contribution in [0.4, 0.5) is 10.3 Å². The molecular weight excluding hydrogens is 319 g/mol. The Hall–Kier alpha value is -3.35. The molecule has 4 aromatic rings. The Morgan fingerprint density at radius 2 is 1.88 bits per heavy atom. The van der Waals surface area contributed by atoms with E-state index in [9.17, 15) is 4.39 Å². The van der Waals surface area contributed by atoms with Gasteiger partial charge >= 0.3 is 0 Å². The molecule has 0 amide bonds. The van der Waals surface area contributed by atoms with E-state index >= 15 is 0 Å². The van der Waals surface area contributed by atoms with E-state index in [0.717, 1.165) is 16.9 Å². The Morgan fingerprint density at radius 1 is 1.04 bits per heavy atom. The van der Waals surface area contributed by atoms with Gasteiger partial charge in [-0.15, -0.1) is 5.10 Å². The highest BCUT2D eigenvalue weighted by Gasteiger charge is 2.06. The number of hydrogen-bond acceptors (Lipinski definition) is 5. The van der Waals surface area contributed by atoms with Gasteiger partial charge in [-0.25, -0.2) is 14.4 Å². The number of pyridine rings is 1. The molecule has 7 heteroatoms. The molecule has 1 N–H and O–H groups in total. The van der Waals surface area contributed by atoms with Crippen LogP contribution in [0.15, 0.2) is 55.0 Å². The minimum absolute atomic E-state index is 0.286. The van der Waals surface area contributed by atoms with Gasteiger partial charge < -0.3 is 9.72 Å². The normalized spacial score (nSPS) is 11.0. The summed E-state index contributed by atoms with van der Waals surface area (Å²) in [5, 5.41) is 11.1. The van der Waals surface area contributed by atoms with Crippen LogP contribution in [0.5, 0.6) is 0 Å². The quantitative estimate of drug-likeness (QED) is 0.620. The van der Waals surface area contributed by atoms with Crippen molar-refractivity contribution in [2.45, 2.75) is 13.5 Å². The predicted octanol–water partition coefficient (Wildman–Crippen LogP) is 3.25. The molecular formula is C18H15FN6. The zero-order valence-corrected chi connectivity index (χ0v) is 13.5. The second kappa shape index (κ2) is 6.27. The van der Waals surface area contributed by atoms with Crippen LogP contribution in [0, 0.1) is 12.7 Å². The lowest BCUT2D eigenvalue weighted by Gasteiger charge is -2.04. The average Bonchev–Trinajstić information content (AvgIpc) is 3.03. The van der Waals surface area contributed by atoms with Gasteiger partial charge in [-0.05, 0) is 42.8 Å². The standard InChI is InChI=1S/C18H15FN6/c1-12-2-7-17-22-15(11-25(17)10-12)8-20-18-23-16(9-21-24-18)13-3-5-14(19)6-4-13/h2-7,9-11H,8H2,1H3,(H,20,23,24). The van der Waals surface area contributed by atoms with E-state index < -0.39 is 0 Å². The fraction of sp³-hybridized carbons (Fsp3) is 0.111. The number of hydrogen-bond donors (Lipinski definition) is 1. The van der Waals surface area contributed by atoms with Crippen LogP contribution in [0.1, 0.15) is 11.3 Å². The molecule has 6 nitrogen and oxygen atoms in total. The van der Waals surface area contributed by atoms with Gasteiger partial charge in [-0.1, -0.05) is 6.07 Å². The van der Waals surface area contributed by atoms with Crippen LogP contribution in [0.3, 0.4) is 0 Å². The van der Waals surface area contributed by atoms with Crippen molar-refractivity contribution in [3.63, 3.8) is 0 Å². The van der Waals surface area contributed by atoms with Gasteiger partial charge in [0.1, 0.15) is 11.5 Å². The molecule has 1 aromatic carbocycles. The summed E-state index contributed by atoms with van der Waals surface area (Å²) >= 11 is 0. The number of rotatable bonds is 4. The van der Waals surface area contributed by atoms with Gasteiger partial charge in [0.2, 0.25) is 5.95 Å². The van der Waals surface area contributed by atoms with Gasteiger partial charge in [0.05, 0.1) is 24.1 Å². The third kappa shape index (κ3) is 3.30. The van der Waals surface area contributed by atoms with Gasteiger partial charge in [0.25, 0.3) is 0 Å². The van der Waals surface area contributed by atoms with Crippen molar-refractivity contribution in [1.82, 2.24) is 24.6 Å². The second-order valence-corrected chi connectivity index (χ2v) is 5.73. The first-order chi connectivity index (χ1) is 12.2. The Balaban J connectivity index is 1.52. The van der Waals surface area contributed by atoms with Gasteiger partial charge in [0.15, 0.2) is 0 Å². The maximum atomic E-state index is 13.0. The number of halogens is 1. The Labute approximate surface area is 143 Å². The fourth-order valence-corrected chi connectivity index (χ4v) is 2.55. The molecule has 0 aliphatic heterocycles. The number of anilines is 1. The molecule has 0 saturated heterocycles. The lowest BCUT2D eigenvalue weighted by molar-refractivity contribution is 0.628. The summed E-state index contributed by atoms with van der Waals surface area (Å²) in [6.45, 7) is 2.52. The van der Waals surface area contributed by atoms with Gasteiger partial charge in [-0.2, -0.15) is 5.10 Å². The topological polar surface area (TPSA) is 68.0 Å². The number of benzene rings is 1. The van der Waals surface area contributed by atoms with E-state index in [1.807, 2.05) is 35.9 Å². The first kappa shape index (κ1) is 15.2. The molecule has 3 heterocycles. The van der Waals surface area contributed by atoms with E-state index in [1.54, 1.807) is 18.3 Å². The molecule has 25 heavy (non-hydrogen) atoms. The van der Waals surface area contributed by atoms with Gasteiger partial charge in [-0.3, -0.25) is 0 Å². The maximum absolute atomic E-state index is 13.0. The van der Waals surface area contributed by atoms with E-state index in [2.05, 4.69) is 25.5 Å². The molecule has 0 fully saturated rings. The summed E-state index contributed by atoms with van der Waals surface area (Å²) in [6, 6.07) is 10.1. The van der Waals surface area contributed by atoms with Crippen LogP contribution in [0.25, 0.3) is 16.9 Å². The predicted molar refractivity (Wildman–Crippen MR) is 92.5 cm³/mol. The van der Waals surface area contributed by atoms with Crippen molar-refractivity contribution < 1.29 is 4.39 Å². The van der Waals surface area contributed by atoms with E-state index in [0.29, 0.717) is 18.2 Å². The summed E-state index contributed by atoms with van der Waals surface area (Å²) in [5.74, 6) is 0.112. The minimum atomic E-state index is -0.286. The molecule has 0 aliphatic rings. The van der Waals surface area contributed by atoms with Crippen LogP contribution < -0.4 is 5.32 Å². The Morgan fingerprint density at radius 3 is 2.72 bits per heavy atom. The molecule has 3 aromatic heterocycles. The van der Waals surface area contributed by atoms with Crippen molar-refractivity contribution in [3.05, 3.63) is 72.1 Å². The van der Waals surface area contributed by atoms with Crippen LogP contribution in [-0.2, 0) is 6.54 Å². The van der Waals surface area contributed by atoms with Crippen molar-refractivity contribution in [1.29, 1.82) is 0 Å². The van der Waals surface area contributed by atoms with Crippen LogP contribution >= 0.6 is 0 Å². The highest BCUT2D eigenvalue weighted by molar-refractivity contribution is 5.58. The lowest BCUT2D eigenvalue weighted by atomic mass is 10.2. The maximum Gasteiger partial charge on any atom is 0.243 e. The summed E-state index contributed by atoms with van der Waals surface area (Å²) in [4.78, 5) is 8.96.